The summed E-state index contributed by atoms with van der Waals surface area (Å²) in [5.74, 6) is -2.39. The van der Waals surface area contributed by atoms with Crippen LogP contribution in [0.25, 0.3) is 0 Å². The van der Waals surface area contributed by atoms with Crippen LogP contribution in [0.15, 0.2) is 5.51 Å². The molecule has 0 unspecified atom stereocenters. The molecule has 0 radical (unpaired) electrons. The maximum atomic E-state index is 12.6. The molecule has 4 rings (SSSR count). The van der Waals surface area contributed by atoms with Crippen molar-refractivity contribution in [3.8, 4) is 0 Å². The Labute approximate surface area is 169 Å². The van der Waals surface area contributed by atoms with Crippen molar-refractivity contribution in [2.45, 2.75) is 32.2 Å². The molecule has 1 N–H and O–H groups in total. The van der Waals surface area contributed by atoms with E-state index in [1.165, 1.54) is 4.88 Å². The van der Waals surface area contributed by atoms with Crippen LogP contribution < -0.4 is 0 Å². The third-order valence-corrected chi connectivity index (χ3v) is 6.08. The number of halogens is 3. The van der Waals surface area contributed by atoms with Gasteiger partial charge in [-0.1, -0.05) is 0 Å². The van der Waals surface area contributed by atoms with Gasteiger partial charge < -0.3 is 9.84 Å². The minimum atomic E-state index is -5.08. The molecule has 162 valence electrons. The number of aliphatic carboxylic acids is 1. The van der Waals surface area contributed by atoms with E-state index in [-0.39, 0.29) is 17.9 Å². The highest BCUT2D eigenvalue weighted by Gasteiger charge is 2.48. The summed E-state index contributed by atoms with van der Waals surface area (Å²) in [6.07, 6.45) is -3.96. The van der Waals surface area contributed by atoms with Gasteiger partial charge in [0.05, 0.1) is 43.0 Å². The van der Waals surface area contributed by atoms with Gasteiger partial charge in [0.15, 0.2) is 0 Å². The van der Waals surface area contributed by atoms with Crippen LogP contribution in [0.1, 0.15) is 17.0 Å². The number of alkyl halides is 3. The second kappa shape index (κ2) is 8.94. The predicted molar refractivity (Wildman–Crippen MR) is 94.8 cm³/mol. The first-order chi connectivity index (χ1) is 13.7. The number of hydrogen-bond donors (Lipinski definition) is 1. The maximum Gasteiger partial charge on any atom is 0.490 e. The quantitative estimate of drug-likeness (QED) is 0.770. The zero-order valence-electron chi connectivity index (χ0n) is 15.7. The molecule has 0 saturated carbocycles. The minimum absolute atomic E-state index is 0.0457. The maximum absolute atomic E-state index is 12.6. The molecule has 3 aliphatic heterocycles. The van der Waals surface area contributed by atoms with Crippen LogP contribution in [0.4, 0.5) is 13.2 Å². The van der Waals surface area contributed by atoms with Gasteiger partial charge in [0.2, 0.25) is 0 Å². The van der Waals surface area contributed by atoms with Crippen LogP contribution in [-0.4, -0.2) is 77.1 Å². The van der Waals surface area contributed by atoms with Crippen molar-refractivity contribution in [2.75, 3.05) is 32.8 Å². The summed E-state index contributed by atoms with van der Waals surface area (Å²) < 4.78 is 37.6. The van der Waals surface area contributed by atoms with Crippen LogP contribution in [0.3, 0.4) is 0 Å². The van der Waals surface area contributed by atoms with Crippen molar-refractivity contribution in [1.29, 1.82) is 0 Å². The number of likely N-dealkylation sites (tertiary alicyclic amines) is 1. The summed E-state index contributed by atoms with van der Waals surface area (Å²) in [6.45, 7) is 6.71. The van der Waals surface area contributed by atoms with Crippen LogP contribution in [-0.2, 0) is 25.7 Å². The van der Waals surface area contributed by atoms with Gasteiger partial charge in [-0.15, -0.1) is 11.3 Å². The summed E-state index contributed by atoms with van der Waals surface area (Å²) in [6, 6.07) is 0. The average Bonchev–Trinajstić information content (AvgIpc) is 3.40. The Morgan fingerprint density at radius 1 is 1.38 bits per heavy atom. The number of rotatable bonds is 3. The molecule has 3 atom stereocenters. The predicted octanol–water partition coefficient (Wildman–Crippen LogP) is 1.70. The van der Waals surface area contributed by atoms with Crippen molar-refractivity contribution >= 4 is 23.2 Å². The number of amides is 1. The van der Waals surface area contributed by atoms with E-state index in [9.17, 15) is 18.0 Å². The fourth-order valence-electron chi connectivity index (χ4n) is 3.66. The Morgan fingerprint density at radius 2 is 2.10 bits per heavy atom. The second-order valence-electron chi connectivity index (χ2n) is 7.13. The number of nitrogens with zero attached hydrogens (tertiary/aromatic N) is 3. The van der Waals surface area contributed by atoms with Crippen molar-refractivity contribution in [3.63, 3.8) is 0 Å². The Morgan fingerprint density at radius 3 is 2.66 bits per heavy atom. The molecule has 1 aromatic heterocycles. The number of carboxylic acid groups (broad SMARTS) is 1. The molecule has 3 fully saturated rings. The fourth-order valence-corrected chi connectivity index (χ4v) is 4.48. The molecule has 12 heteroatoms. The number of carbonyl (C=O) groups is 2. The normalized spacial score (nSPS) is 26.9. The van der Waals surface area contributed by atoms with Crippen LogP contribution >= 0.6 is 11.3 Å². The Balaban J connectivity index is 0.000000298. The number of carbonyl (C=O) groups excluding carboxylic acids is 1. The molecule has 4 heterocycles. The molecule has 0 spiro atoms. The molecule has 3 saturated heterocycles. The smallest absolute Gasteiger partial charge is 0.475 e. The minimum Gasteiger partial charge on any atom is -0.475 e. The largest absolute Gasteiger partial charge is 0.490 e. The topological polar surface area (TPSA) is 92.2 Å². The molecule has 0 aromatic carbocycles. The number of thiazole rings is 1. The van der Waals surface area contributed by atoms with Gasteiger partial charge in [-0.05, 0) is 13.3 Å². The van der Waals surface area contributed by atoms with E-state index in [2.05, 4.69) is 16.8 Å². The Kier molecular flexibility index (Phi) is 6.76. The Hall–Kier alpha value is -1.76. The van der Waals surface area contributed by atoms with E-state index >= 15 is 0 Å². The van der Waals surface area contributed by atoms with Gasteiger partial charge >= 0.3 is 12.1 Å². The fraction of sp³-hybridized carbons (Fsp3) is 0.706. The number of aromatic nitrogens is 1. The molecule has 0 aliphatic carbocycles. The lowest BCUT2D eigenvalue weighted by Gasteiger charge is -2.22. The number of hydrogen-bond acceptors (Lipinski definition) is 7. The molecular formula is C17H22F3N3O5S. The summed E-state index contributed by atoms with van der Waals surface area (Å²) in [4.78, 5) is 34.9. The van der Waals surface area contributed by atoms with Gasteiger partial charge in [-0.3, -0.25) is 14.5 Å². The zero-order valence-corrected chi connectivity index (χ0v) is 16.5. The number of hydroxylamine groups is 2. The van der Waals surface area contributed by atoms with Crippen molar-refractivity contribution in [1.82, 2.24) is 14.9 Å². The van der Waals surface area contributed by atoms with Crippen LogP contribution in [0.5, 0.6) is 0 Å². The highest BCUT2D eigenvalue weighted by molar-refractivity contribution is 7.09. The molecule has 29 heavy (non-hydrogen) atoms. The zero-order chi connectivity index (χ0) is 21.2. The van der Waals surface area contributed by atoms with Crippen molar-refractivity contribution < 1.29 is 37.4 Å². The standard InChI is InChI=1S/C15H21N3O3S.C2HF3O2/c1-10-14(22-9-16-10)7-17-5-11-12(8-20-13(11)6-17)15(19)18-3-2-4-21-18;3-2(4,5)1(6)7/h9,11-13H,2-8H2,1H3;(H,6,7)/t11-,12-,13-;/m1./s1. The van der Waals surface area contributed by atoms with Gasteiger partial charge in [0, 0.05) is 30.4 Å². The van der Waals surface area contributed by atoms with E-state index in [4.69, 9.17) is 19.5 Å². The number of carboxylic acids is 1. The van der Waals surface area contributed by atoms with E-state index < -0.39 is 12.1 Å². The van der Waals surface area contributed by atoms with Gasteiger partial charge in [0.25, 0.3) is 5.91 Å². The number of fused-ring (bicyclic) bond motifs is 1. The lowest BCUT2D eigenvalue weighted by Crippen LogP contribution is -2.38. The van der Waals surface area contributed by atoms with Crippen LogP contribution in [0.2, 0.25) is 0 Å². The third-order valence-electron chi connectivity index (χ3n) is 5.16. The number of aryl methyl sites for hydroxylation is 1. The number of ether oxygens (including phenoxy) is 1. The SMILES string of the molecule is Cc1ncsc1CN1C[C@H]2[C@@H](C1)OC[C@H]2C(=O)N1CCCO1.O=C(O)C(F)(F)F. The van der Waals surface area contributed by atoms with E-state index in [1.54, 1.807) is 16.4 Å². The second-order valence-corrected chi connectivity index (χ2v) is 8.07. The van der Waals surface area contributed by atoms with Crippen LogP contribution in [0, 0.1) is 18.8 Å². The molecular weight excluding hydrogens is 415 g/mol. The molecule has 1 amide bonds. The first-order valence-electron chi connectivity index (χ1n) is 9.14. The molecule has 3 aliphatic rings. The lowest BCUT2D eigenvalue weighted by molar-refractivity contribution is -0.192. The van der Waals surface area contributed by atoms with Gasteiger partial charge in [-0.25, -0.2) is 14.8 Å². The van der Waals surface area contributed by atoms with E-state index in [0.29, 0.717) is 19.1 Å². The van der Waals surface area contributed by atoms with E-state index in [0.717, 1.165) is 38.3 Å². The van der Waals surface area contributed by atoms with Gasteiger partial charge in [0.1, 0.15) is 0 Å². The average molecular weight is 437 g/mol. The monoisotopic (exact) mass is 437 g/mol. The lowest BCUT2D eigenvalue weighted by atomic mass is 9.92. The Bertz CT molecular complexity index is 738. The third kappa shape index (κ3) is 5.24. The summed E-state index contributed by atoms with van der Waals surface area (Å²) >= 11 is 1.70. The first kappa shape index (κ1) is 21.9. The summed E-state index contributed by atoms with van der Waals surface area (Å²) in [7, 11) is 0. The highest BCUT2D eigenvalue weighted by atomic mass is 32.1. The summed E-state index contributed by atoms with van der Waals surface area (Å²) in [5.41, 5.74) is 3.01. The molecule has 1 aromatic rings. The van der Waals surface area contributed by atoms with Gasteiger partial charge in [-0.2, -0.15) is 13.2 Å². The first-order valence-corrected chi connectivity index (χ1v) is 10.0. The van der Waals surface area contributed by atoms with E-state index in [1.807, 2.05) is 5.51 Å². The highest BCUT2D eigenvalue weighted by Crippen LogP contribution is 2.36. The van der Waals surface area contributed by atoms with Crippen molar-refractivity contribution in [2.24, 2.45) is 11.8 Å². The summed E-state index contributed by atoms with van der Waals surface area (Å²) in [5, 5.41) is 8.67. The molecule has 0 bridgehead atoms. The van der Waals surface area contributed by atoms with Crippen molar-refractivity contribution in [3.05, 3.63) is 16.1 Å². The molecule has 8 nitrogen and oxygen atoms in total.